The lowest BCUT2D eigenvalue weighted by molar-refractivity contribution is 0.119. The maximum Gasteiger partial charge on any atom is 0.317 e. The summed E-state index contributed by atoms with van der Waals surface area (Å²) in [5.74, 6) is 0. The van der Waals surface area contributed by atoms with Gasteiger partial charge in [-0.3, -0.25) is 19.8 Å². The van der Waals surface area contributed by atoms with Gasteiger partial charge in [-0.2, -0.15) is 0 Å². The monoisotopic (exact) mass is 1440 g/mol. The van der Waals surface area contributed by atoms with Crippen molar-refractivity contribution in [3.05, 3.63) is 380 Å². The Kier molecular flexibility index (Phi) is 24.5. The van der Waals surface area contributed by atoms with Crippen LogP contribution in [0.3, 0.4) is 0 Å². The number of piperazine rings is 2. The summed E-state index contributed by atoms with van der Waals surface area (Å²) in [6, 6.07) is 85.7. The van der Waals surface area contributed by atoms with Gasteiger partial charge in [0.25, 0.3) is 0 Å². The van der Waals surface area contributed by atoms with Gasteiger partial charge >= 0.3 is 6.03 Å². The Morgan fingerprint density at radius 3 is 1.21 bits per heavy atom. The van der Waals surface area contributed by atoms with Crippen molar-refractivity contribution in [3.63, 3.8) is 0 Å². The van der Waals surface area contributed by atoms with Gasteiger partial charge in [0.2, 0.25) is 0 Å². The maximum atomic E-state index is 13.2. The van der Waals surface area contributed by atoms with E-state index in [1.807, 2.05) is 48.1 Å². The zero-order valence-corrected chi connectivity index (χ0v) is 62.0. The third-order valence-electron chi connectivity index (χ3n) is 21.7. The van der Waals surface area contributed by atoms with E-state index >= 15 is 0 Å². The molecular weight excluding hydrogens is 1350 g/mol. The van der Waals surface area contributed by atoms with Crippen molar-refractivity contribution in [1.82, 2.24) is 54.4 Å². The Hall–Kier alpha value is -9.83. The molecule has 2 atom stereocenters. The molecule has 2 aliphatic heterocycles. The number of amides is 2. The first-order chi connectivity index (χ1) is 52.3. The van der Waals surface area contributed by atoms with Gasteiger partial charge in [0.15, 0.2) is 0 Å². The molecule has 0 radical (unpaired) electrons. The summed E-state index contributed by atoms with van der Waals surface area (Å²) in [5.41, 5.74) is 24.4. The number of benzene rings is 8. The number of fused-ring (bicyclic) bond motifs is 4. The molecule has 15 heteroatoms. The first kappa shape index (κ1) is 73.1. The molecule has 8 aromatic carbocycles. The van der Waals surface area contributed by atoms with Crippen LogP contribution in [0.4, 0.5) is 4.79 Å². The molecule has 2 amide bonds. The van der Waals surface area contributed by atoms with Gasteiger partial charge < -0.3 is 30.4 Å². The standard InChI is InChI=1S/C47H49ClN6O.C26H27N3.C18H20ClN3/c48-41-25-26-43-37(33-41)24-23-36-15-14-28-49-44(36)45(43)52-29-31-53(32-30-52)46(55)50-27-13-2-1-12-22-42-34-54(35-51-42)47(38-16-6-3-7-17-38,39-18-8-4-9-19-39)40-20-10-5-11-21-40;27-19-11-10-18-25-20-29(21-28-25)26(22-12-4-1-5-13-22,23-14-6-2-7-15-23)24-16-8-3-9-17-24;19-15-5-6-16-14(12-15)4-3-13-2-1-7-21-17(13)18(16)22-10-8-20-9-11-22/h3-11,14-21,25-26,28,33-35,45H,1-2,12-13,22-24,27,29-32H2,(H,50,55);1-9,12-17,20-21H,10-11,18-19,27H2;1-2,5-7,12,18,20H,3-4,8-11H2. The molecule has 12 aromatic rings. The van der Waals surface area contributed by atoms with Crippen LogP contribution in [0, 0.1) is 0 Å². The highest BCUT2D eigenvalue weighted by molar-refractivity contribution is 6.31. The predicted molar refractivity (Wildman–Crippen MR) is 429 cm³/mol. The molecule has 4 aromatic heterocycles. The van der Waals surface area contributed by atoms with Crippen molar-refractivity contribution in [2.24, 2.45) is 5.73 Å². The number of imidazole rings is 2. The molecule has 540 valence electrons. The quantitative estimate of drug-likeness (QED) is 0.0474. The number of carbonyl (C=O) groups excluding carboxylic acids is 1. The Morgan fingerprint density at radius 2 is 0.802 bits per heavy atom. The number of urea groups is 1. The number of halogens is 2. The van der Waals surface area contributed by atoms with Crippen molar-refractivity contribution in [2.45, 2.75) is 100 Å². The third kappa shape index (κ3) is 16.4. The van der Waals surface area contributed by atoms with Crippen LogP contribution in [0.1, 0.15) is 140 Å². The molecule has 2 fully saturated rings. The summed E-state index contributed by atoms with van der Waals surface area (Å²) in [6.45, 7) is 8.61. The van der Waals surface area contributed by atoms with Crippen molar-refractivity contribution in [3.8, 4) is 0 Å². The highest BCUT2D eigenvalue weighted by Crippen LogP contribution is 2.44. The highest BCUT2D eigenvalue weighted by atomic mass is 35.5. The van der Waals surface area contributed by atoms with E-state index in [4.69, 9.17) is 48.9 Å². The fourth-order valence-corrected chi connectivity index (χ4v) is 16.9. The fraction of sp³-hybridized carbons (Fsp3) is 0.286. The Labute approximate surface area is 635 Å². The first-order valence-electron chi connectivity index (χ1n) is 38.0. The van der Waals surface area contributed by atoms with Gasteiger partial charge in [-0.05, 0) is 174 Å². The van der Waals surface area contributed by atoms with Crippen LogP contribution in [0.25, 0.3) is 0 Å². The number of pyridine rings is 2. The third-order valence-corrected chi connectivity index (χ3v) is 22.2. The van der Waals surface area contributed by atoms with Gasteiger partial charge in [0, 0.05) is 93.7 Å². The van der Waals surface area contributed by atoms with Gasteiger partial charge in [0.1, 0.15) is 11.1 Å². The average Bonchev–Trinajstić information content (AvgIpc) is 1.24. The largest absolute Gasteiger partial charge is 0.338 e. The molecule has 2 aliphatic carbocycles. The van der Waals surface area contributed by atoms with Gasteiger partial charge in [-0.15, -0.1) is 0 Å². The second-order valence-corrected chi connectivity index (χ2v) is 29.1. The van der Waals surface area contributed by atoms with Crippen LogP contribution >= 0.6 is 23.2 Å². The van der Waals surface area contributed by atoms with Crippen molar-refractivity contribution in [2.75, 3.05) is 65.4 Å². The summed E-state index contributed by atoms with van der Waals surface area (Å²) >= 11 is 12.7. The zero-order valence-electron chi connectivity index (χ0n) is 60.5. The van der Waals surface area contributed by atoms with Crippen molar-refractivity contribution >= 4 is 29.2 Å². The van der Waals surface area contributed by atoms with Crippen LogP contribution in [-0.4, -0.2) is 115 Å². The Morgan fingerprint density at radius 1 is 0.425 bits per heavy atom. The minimum Gasteiger partial charge on any atom is -0.338 e. The fourth-order valence-electron chi connectivity index (χ4n) is 16.5. The number of rotatable bonds is 21. The zero-order chi connectivity index (χ0) is 72.3. The van der Waals surface area contributed by atoms with Gasteiger partial charge in [0.05, 0.1) is 47.5 Å². The molecule has 4 N–H and O–H groups in total. The molecule has 6 heterocycles. The number of carbonyl (C=O) groups is 1. The van der Waals surface area contributed by atoms with E-state index in [2.05, 4.69) is 266 Å². The van der Waals surface area contributed by atoms with E-state index in [0.717, 1.165) is 150 Å². The Bertz CT molecular complexity index is 4540. The predicted octanol–water partition coefficient (Wildman–Crippen LogP) is 16.9. The van der Waals surface area contributed by atoms with E-state index in [0.29, 0.717) is 19.6 Å². The summed E-state index contributed by atoms with van der Waals surface area (Å²) in [6.07, 6.45) is 24.3. The number of nitrogens with one attached hydrogen (secondary N) is 2. The van der Waals surface area contributed by atoms with Crippen LogP contribution < -0.4 is 16.4 Å². The number of aromatic nitrogens is 6. The highest BCUT2D eigenvalue weighted by Gasteiger charge is 2.41. The molecule has 16 rings (SSSR count). The van der Waals surface area contributed by atoms with Crippen molar-refractivity contribution < 1.29 is 4.79 Å². The Balaban J connectivity index is 0.000000153. The molecule has 106 heavy (non-hydrogen) atoms. The normalized spacial score (nSPS) is 15.9. The van der Waals surface area contributed by atoms with Crippen molar-refractivity contribution in [1.29, 1.82) is 0 Å². The molecule has 0 spiro atoms. The number of hydrogen-bond donors (Lipinski definition) is 3. The topological polar surface area (TPSA) is 138 Å². The SMILES string of the molecule is Clc1ccc2c(c1)CCc1cccnc1C2N1CCNCC1.NCCCCc1cn(C(c2ccccc2)(c2ccccc2)c2ccccc2)cn1.O=C(NCCCCCCc1cn(C(c2ccccc2)(c2ccccc2)c2ccccc2)cn1)N1CCN(C2c3ccc(Cl)cc3CCc3cccnc32)CC1. The van der Waals surface area contributed by atoms with E-state index < -0.39 is 11.1 Å². The van der Waals surface area contributed by atoms with Gasteiger partial charge in [-0.25, -0.2) is 14.8 Å². The number of aryl methyl sites for hydroxylation is 6. The molecule has 2 unspecified atom stereocenters. The summed E-state index contributed by atoms with van der Waals surface area (Å²) in [5, 5.41) is 8.25. The number of unbranched alkanes of at least 4 members (excludes halogenated alkanes) is 4. The number of nitrogens with two attached hydrogens (primary N) is 1. The smallest absolute Gasteiger partial charge is 0.317 e. The second kappa shape index (κ2) is 35.5. The maximum absolute atomic E-state index is 13.2. The van der Waals surface area contributed by atoms with E-state index in [9.17, 15) is 4.79 Å². The van der Waals surface area contributed by atoms with E-state index in [-0.39, 0.29) is 18.1 Å². The number of hydrogen-bond acceptors (Lipinski definition) is 9. The van der Waals surface area contributed by atoms with Crippen LogP contribution in [-0.2, 0) is 49.6 Å². The first-order valence-corrected chi connectivity index (χ1v) is 38.8. The second-order valence-electron chi connectivity index (χ2n) is 28.2. The minimum atomic E-state index is -0.544. The molecule has 4 aliphatic rings. The van der Waals surface area contributed by atoms with E-state index in [1.54, 1.807) is 0 Å². The van der Waals surface area contributed by atoms with Crippen LogP contribution in [0.2, 0.25) is 10.0 Å². The molecule has 0 saturated carbocycles. The molecular formula is C91H96Cl2N12O. The average molecular weight is 1440 g/mol. The summed E-state index contributed by atoms with van der Waals surface area (Å²) in [4.78, 5) is 39.5. The lowest BCUT2D eigenvalue weighted by atomic mass is 9.77. The summed E-state index contributed by atoms with van der Waals surface area (Å²) in [7, 11) is 0. The molecule has 13 nitrogen and oxygen atoms in total. The molecule has 0 bridgehead atoms. The van der Waals surface area contributed by atoms with Gasteiger partial charge in [-0.1, -0.05) is 242 Å². The van der Waals surface area contributed by atoms with E-state index in [1.165, 1.54) is 72.5 Å². The summed E-state index contributed by atoms with van der Waals surface area (Å²) < 4.78 is 4.56. The van der Waals surface area contributed by atoms with Crippen LogP contribution in [0.15, 0.2) is 280 Å². The van der Waals surface area contributed by atoms with Crippen LogP contribution in [0.5, 0.6) is 0 Å². The molecule has 2 saturated heterocycles. The number of nitrogens with zero attached hydrogens (tertiary/aromatic N) is 9. The lowest BCUT2D eigenvalue weighted by Crippen LogP contribution is -2.52. The minimum absolute atomic E-state index is 0.0375. The lowest BCUT2D eigenvalue weighted by Gasteiger charge is -2.39.